The minimum absolute atomic E-state index is 0.0956. The molecule has 0 aliphatic rings. The van der Waals surface area contributed by atoms with Gasteiger partial charge in [0.15, 0.2) is 0 Å². The lowest BCUT2D eigenvalue weighted by molar-refractivity contribution is -0.143. The molecule has 0 radical (unpaired) electrons. The lowest BCUT2D eigenvalue weighted by Gasteiger charge is -2.30. The summed E-state index contributed by atoms with van der Waals surface area (Å²) >= 11 is 0. The number of aromatic amines is 1. The van der Waals surface area contributed by atoms with Crippen molar-refractivity contribution in [2.24, 2.45) is 40.9 Å². The number of aliphatic carboxylic acids is 4. The monoisotopic (exact) mass is 1770 g/mol. The van der Waals surface area contributed by atoms with Gasteiger partial charge in [0.05, 0.1) is 43.5 Å². The molecule has 0 bridgehead atoms. The van der Waals surface area contributed by atoms with Gasteiger partial charge in [-0.3, -0.25) is 86.3 Å². The molecule has 1 aromatic heterocycles. The Kier molecular flexibility index (Phi) is 49.0. The van der Waals surface area contributed by atoms with E-state index in [1.165, 1.54) is 19.4 Å². The third-order valence-electron chi connectivity index (χ3n) is 19.5. The normalized spacial score (nSPS) is 15.6. The first-order chi connectivity index (χ1) is 58.7. The van der Waals surface area contributed by atoms with Crippen molar-refractivity contribution in [3.63, 3.8) is 0 Å². The molecule has 700 valence electrons. The molecular weight excluding hydrogens is 1650 g/mol. The predicted molar refractivity (Wildman–Crippen MR) is 442 cm³/mol. The molecule has 15 amide bonds. The van der Waals surface area contributed by atoms with Crippen LogP contribution >= 0.6 is 0 Å². The predicted octanol–water partition coefficient (Wildman–Crippen LogP) is -6.69. The molecule has 0 fully saturated rings. The van der Waals surface area contributed by atoms with Crippen LogP contribution in [0.2, 0.25) is 0 Å². The number of rotatable bonds is 61. The zero-order valence-corrected chi connectivity index (χ0v) is 71.8. The van der Waals surface area contributed by atoms with Gasteiger partial charge in [0.1, 0.15) is 84.6 Å². The third-order valence-corrected chi connectivity index (χ3v) is 19.5. The molecular formula is C79H127N19O27. The first kappa shape index (κ1) is 109. The summed E-state index contributed by atoms with van der Waals surface area (Å²) in [4.78, 5) is 264. The number of hydrogen-bond donors (Lipinski definition) is 26. The standard InChI is InChI=1S/C79H127N19O27/c1-11-41(8)62(76(121)87-48(21-24-58(82)103)67(112)86-49(22-26-60(106)107)69(114)95-57(36-100)75(120)91-53(31-40(6)7)73(118)98-64(43(10)102)78(123)93-55(79(124)125)32-44-17-13-12-14-18-44)96-72(117)52(30-39(4)5)89-71(116)54(33-45-34-83-37-84-45)92-70(115)51(29-38(2)3)90-74(119)56(35-99)94-66(111)47(19-15-16-28-80)85-68(113)50(23-27-61(108)109)88-77(122)63(42(9)101)97-65(110)46(81)20-25-59(104)105/h12-14,17-18,34,37-43,46-57,62-64,99-102H,11,15-16,19-33,35-36,80-81H2,1-10H3,(H2,82,103)(H,83,84)(H,85,113)(H,86,112)(H,87,121)(H,88,122)(H,89,116)(H,90,119)(H,91,120)(H,92,115)(H,93,123)(H,94,111)(H,95,114)(H,96,117)(H,97,110)(H,98,118)(H,104,105)(H,106,107)(H,108,109)(H,124,125)/t41-,42+,43+,46-,47-,48-,49-,50-,51-,52-,53-,54-,55-,56-,57-,62-,63-,64-/m0/s1. The van der Waals surface area contributed by atoms with Crippen molar-refractivity contribution in [3.8, 4) is 0 Å². The summed E-state index contributed by atoms with van der Waals surface area (Å²) in [6, 6.07) is -17.3. The van der Waals surface area contributed by atoms with Gasteiger partial charge in [-0.15, -0.1) is 0 Å². The van der Waals surface area contributed by atoms with Gasteiger partial charge < -0.3 is 137 Å². The number of carboxylic acid groups (broad SMARTS) is 4. The van der Waals surface area contributed by atoms with Gasteiger partial charge in [-0.25, -0.2) is 9.78 Å². The topological polar surface area (TPSA) is 761 Å². The van der Waals surface area contributed by atoms with Gasteiger partial charge in [0, 0.05) is 44.7 Å². The fourth-order valence-electron chi connectivity index (χ4n) is 12.4. The summed E-state index contributed by atoms with van der Waals surface area (Å²) < 4.78 is 0. The van der Waals surface area contributed by atoms with E-state index < -0.39 is 297 Å². The van der Waals surface area contributed by atoms with Crippen LogP contribution in [0.5, 0.6) is 0 Å². The van der Waals surface area contributed by atoms with Gasteiger partial charge in [0.2, 0.25) is 88.6 Å². The van der Waals surface area contributed by atoms with Gasteiger partial charge in [-0.2, -0.15) is 0 Å². The molecule has 18 atom stereocenters. The highest BCUT2D eigenvalue weighted by Crippen LogP contribution is 2.17. The summed E-state index contributed by atoms with van der Waals surface area (Å²) in [5.41, 5.74) is 17.7. The number of nitrogens with two attached hydrogens (primary N) is 3. The average Bonchev–Trinajstić information content (AvgIpc) is 1.52. The van der Waals surface area contributed by atoms with E-state index in [1.807, 2.05) is 0 Å². The van der Waals surface area contributed by atoms with E-state index in [1.54, 1.807) is 78.8 Å². The number of benzene rings is 1. The molecule has 2 aromatic rings. The number of aliphatic hydroxyl groups is 4. The second kappa shape index (κ2) is 56.1. The van der Waals surface area contributed by atoms with Crippen LogP contribution in [0.3, 0.4) is 0 Å². The molecule has 1 aromatic carbocycles. The number of carbonyl (C=O) groups excluding carboxylic acids is 15. The summed E-state index contributed by atoms with van der Waals surface area (Å²) in [7, 11) is 0. The molecule has 0 aliphatic carbocycles. The molecule has 2 rings (SSSR count). The van der Waals surface area contributed by atoms with Crippen LogP contribution in [0.15, 0.2) is 42.9 Å². The highest BCUT2D eigenvalue weighted by atomic mass is 16.4. The van der Waals surface area contributed by atoms with Crippen molar-refractivity contribution in [1.82, 2.24) is 84.4 Å². The molecule has 0 spiro atoms. The Hall–Kier alpha value is -11.9. The zero-order chi connectivity index (χ0) is 94.7. The van der Waals surface area contributed by atoms with Crippen molar-refractivity contribution in [2.45, 2.75) is 281 Å². The Morgan fingerprint density at radius 2 is 0.712 bits per heavy atom. The number of imidazole rings is 1. The van der Waals surface area contributed by atoms with E-state index in [4.69, 9.17) is 22.3 Å². The maximum absolute atomic E-state index is 14.8. The van der Waals surface area contributed by atoms with Crippen molar-refractivity contribution in [1.29, 1.82) is 0 Å². The van der Waals surface area contributed by atoms with Gasteiger partial charge in [-0.05, 0) is 114 Å². The van der Waals surface area contributed by atoms with Crippen LogP contribution in [0.4, 0.5) is 0 Å². The van der Waals surface area contributed by atoms with Crippen LogP contribution in [0.1, 0.15) is 177 Å². The van der Waals surface area contributed by atoms with Gasteiger partial charge in [0.25, 0.3) is 0 Å². The minimum atomic E-state index is -1.96. The summed E-state index contributed by atoms with van der Waals surface area (Å²) in [5, 5.41) is 114. The SMILES string of the molecule is CC[C@H](C)[C@H](NC(=O)[C@H](CC(C)C)NC(=O)[C@H](Cc1c[nH]cn1)NC(=O)[C@H](CC(C)C)NC(=O)[C@H](CO)NC(=O)[C@H](CCCCN)NC(=O)[C@H](CCC(=O)O)NC(=O)[C@@H](NC(=O)[C@@H](N)CCC(=O)O)[C@@H](C)O)C(=O)N[C@@H](CCC(N)=O)C(=O)N[C@@H](CCC(=O)O)C(=O)N[C@@H](CO)C(=O)N[C@@H](CC(C)C)C(=O)N[C@H](C(=O)N[C@@H](Cc1ccccc1)C(=O)O)[C@@H](C)O. The Morgan fingerprint density at radius 1 is 0.384 bits per heavy atom. The van der Waals surface area contributed by atoms with E-state index >= 15 is 0 Å². The fourth-order valence-corrected chi connectivity index (χ4v) is 12.4. The number of aliphatic hydroxyl groups excluding tert-OH is 4. The molecule has 1 heterocycles. The number of amides is 15. The molecule has 0 unspecified atom stereocenters. The number of nitrogens with zero attached hydrogens (tertiary/aromatic N) is 1. The second-order valence-electron chi connectivity index (χ2n) is 31.7. The number of unbranched alkanes of at least 4 members (excludes halogenated alkanes) is 1. The van der Waals surface area contributed by atoms with E-state index in [0.29, 0.717) is 5.56 Å². The zero-order valence-electron chi connectivity index (χ0n) is 71.8. The lowest BCUT2D eigenvalue weighted by Crippen LogP contribution is -2.62. The number of carboxylic acids is 4. The lowest BCUT2D eigenvalue weighted by atomic mass is 9.96. The van der Waals surface area contributed by atoms with E-state index in [2.05, 4.69) is 84.4 Å². The largest absolute Gasteiger partial charge is 0.481 e. The van der Waals surface area contributed by atoms with Crippen molar-refractivity contribution in [3.05, 3.63) is 54.1 Å². The molecule has 46 nitrogen and oxygen atoms in total. The Labute approximate surface area is 722 Å². The van der Waals surface area contributed by atoms with Crippen molar-refractivity contribution in [2.75, 3.05) is 19.8 Å². The Morgan fingerprint density at radius 3 is 1.08 bits per heavy atom. The molecule has 46 heteroatoms. The number of carbonyl (C=O) groups is 19. The van der Waals surface area contributed by atoms with Crippen LogP contribution in [0.25, 0.3) is 0 Å². The molecule has 0 aliphatic heterocycles. The highest BCUT2D eigenvalue weighted by molar-refractivity contribution is 6.01. The van der Waals surface area contributed by atoms with Crippen LogP contribution in [-0.2, 0) is 104 Å². The Balaban J connectivity index is 2.52. The average molecular weight is 1770 g/mol. The van der Waals surface area contributed by atoms with Crippen LogP contribution < -0.4 is 91.6 Å². The summed E-state index contributed by atoms with van der Waals surface area (Å²) in [6.45, 7) is 13.1. The van der Waals surface area contributed by atoms with E-state index in [-0.39, 0.29) is 76.4 Å². The number of nitrogens with one attached hydrogen (secondary N) is 15. The molecule has 0 saturated heterocycles. The van der Waals surface area contributed by atoms with E-state index in [0.717, 1.165) is 13.8 Å². The highest BCUT2D eigenvalue weighted by Gasteiger charge is 2.41. The third kappa shape index (κ3) is 41.0. The Bertz CT molecular complexity index is 3930. The van der Waals surface area contributed by atoms with Gasteiger partial charge >= 0.3 is 23.9 Å². The summed E-state index contributed by atoms with van der Waals surface area (Å²) in [5.74, 6) is -24.5. The summed E-state index contributed by atoms with van der Waals surface area (Å²) in [6.07, 6.45) is -6.45. The van der Waals surface area contributed by atoms with Crippen molar-refractivity contribution < 1.29 is 132 Å². The van der Waals surface area contributed by atoms with E-state index in [9.17, 15) is 127 Å². The fraction of sp³-hybridized carbons (Fsp3) is 0.646. The number of hydrogen-bond acceptors (Lipinski definition) is 26. The smallest absolute Gasteiger partial charge is 0.326 e. The molecule has 29 N–H and O–H groups in total. The van der Waals surface area contributed by atoms with Crippen LogP contribution in [0, 0.1) is 23.7 Å². The number of aromatic nitrogens is 2. The first-order valence-electron chi connectivity index (χ1n) is 41.1. The van der Waals surface area contributed by atoms with Gasteiger partial charge in [-0.1, -0.05) is 92.1 Å². The quantitative estimate of drug-likeness (QED) is 0.0274. The minimum Gasteiger partial charge on any atom is -0.481 e. The second-order valence-corrected chi connectivity index (χ2v) is 31.7. The number of primary amides is 1. The maximum atomic E-state index is 14.8. The maximum Gasteiger partial charge on any atom is 0.326 e. The first-order valence-corrected chi connectivity index (χ1v) is 41.1. The number of H-pyrrole nitrogens is 1. The molecule has 0 saturated carbocycles. The van der Waals surface area contributed by atoms with Crippen LogP contribution in [-0.4, -0.2) is 286 Å². The molecule has 125 heavy (non-hydrogen) atoms. The van der Waals surface area contributed by atoms with Crippen molar-refractivity contribution >= 4 is 112 Å².